The first-order chi connectivity index (χ1) is 18.3. The lowest BCUT2D eigenvalue weighted by atomic mass is 9.95. The number of hydrogen-bond acceptors (Lipinski definition) is 13. The maximum absolute atomic E-state index is 12.9. The number of aryl methyl sites for hydroxylation is 1. The van der Waals surface area contributed by atoms with Crippen molar-refractivity contribution in [1.29, 1.82) is 0 Å². The average molecular weight is 576 g/mol. The number of aromatic nitrogens is 4. The van der Waals surface area contributed by atoms with Gasteiger partial charge in [-0.1, -0.05) is 0 Å². The fourth-order valence-electron chi connectivity index (χ4n) is 4.39. The quantitative estimate of drug-likeness (QED) is 0.141. The van der Waals surface area contributed by atoms with Crippen LogP contribution in [0.15, 0.2) is 37.6 Å². The normalized spacial score (nSPS) is 29.9. The zero-order valence-electron chi connectivity index (χ0n) is 20.5. The van der Waals surface area contributed by atoms with E-state index in [4.69, 9.17) is 30.0 Å². The molecule has 0 aromatic carbocycles. The van der Waals surface area contributed by atoms with E-state index in [0.29, 0.717) is 0 Å². The molecule has 0 amide bonds. The minimum atomic E-state index is -5.05. The summed E-state index contributed by atoms with van der Waals surface area (Å²) in [6, 6.07) is 0.985. The predicted octanol–water partition coefficient (Wildman–Crippen LogP) is -3.91. The van der Waals surface area contributed by atoms with Crippen molar-refractivity contribution in [3.8, 4) is 0 Å². The monoisotopic (exact) mass is 576 g/mol. The van der Waals surface area contributed by atoms with Crippen LogP contribution in [0.4, 0.5) is 0 Å². The standard InChI is InChI=1S/C20H29N6O12P/c1-9-5-26(19(32)24-16(9)30)13-4-10(27)11(36-13)6-35-39(33,34)38-14-15(29)20(7-21,8-22)37-17(14)25-3-2-12(28)23-18(25)31/h2-3,5,10-11,13-15,17,27,29H,4,6-8,21-22H2,1H3,(H,33,34)(H,23,28,31)(H,24,30,32)/t10-,11+,13+,14+,15-,17+/m0/s1. The van der Waals surface area contributed by atoms with E-state index in [0.717, 1.165) is 21.4 Å². The van der Waals surface area contributed by atoms with Crippen LogP contribution in [-0.2, 0) is 23.1 Å². The van der Waals surface area contributed by atoms with Gasteiger partial charge in [0, 0.05) is 43.5 Å². The van der Waals surface area contributed by atoms with Crippen molar-refractivity contribution in [2.45, 2.75) is 55.8 Å². The van der Waals surface area contributed by atoms with Crippen molar-refractivity contribution in [3.63, 3.8) is 0 Å². The van der Waals surface area contributed by atoms with Gasteiger partial charge >= 0.3 is 19.2 Å². The molecule has 2 saturated heterocycles. The Kier molecular flexibility index (Phi) is 8.25. The van der Waals surface area contributed by atoms with Crippen LogP contribution in [0.5, 0.6) is 0 Å². The van der Waals surface area contributed by atoms with E-state index < -0.39 is 79.4 Å². The van der Waals surface area contributed by atoms with E-state index in [9.17, 15) is 38.8 Å². The molecule has 2 aliphatic heterocycles. The maximum Gasteiger partial charge on any atom is 0.472 e. The average Bonchev–Trinajstić information content (AvgIpc) is 3.37. The first kappa shape index (κ1) is 29.2. The highest BCUT2D eigenvalue weighted by Gasteiger charge is 2.57. The van der Waals surface area contributed by atoms with Crippen LogP contribution < -0.4 is 34.0 Å². The summed E-state index contributed by atoms with van der Waals surface area (Å²) < 4.78 is 36.3. The molecule has 0 bridgehead atoms. The topological polar surface area (TPSA) is 276 Å². The minimum Gasteiger partial charge on any atom is -0.390 e. The minimum absolute atomic E-state index is 0.0993. The van der Waals surface area contributed by atoms with E-state index in [1.165, 1.54) is 13.1 Å². The number of H-pyrrole nitrogens is 2. The van der Waals surface area contributed by atoms with Crippen molar-refractivity contribution in [2.24, 2.45) is 11.5 Å². The molecule has 39 heavy (non-hydrogen) atoms. The number of phosphoric acid groups is 1. The Bertz CT molecular complexity index is 1480. The molecule has 0 saturated carbocycles. The Morgan fingerprint density at radius 2 is 1.82 bits per heavy atom. The number of phosphoric ester groups is 1. The van der Waals surface area contributed by atoms with Gasteiger partial charge in [0.1, 0.15) is 30.1 Å². The number of ether oxygens (including phenoxy) is 2. The molecule has 2 aromatic heterocycles. The van der Waals surface area contributed by atoms with Gasteiger partial charge < -0.3 is 36.0 Å². The summed E-state index contributed by atoms with van der Waals surface area (Å²) in [6.07, 6.45) is -6.22. The molecule has 4 rings (SSSR count). The number of nitrogens with zero attached hydrogens (tertiary/aromatic N) is 2. The van der Waals surface area contributed by atoms with Gasteiger partial charge in [-0.15, -0.1) is 0 Å². The number of aliphatic hydroxyl groups is 2. The van der Waals surface area contributed by atoms with Crippen molar-refractivity contribution in [3.05, 3.63) is 65.7 Å². The Balaban J connectivity index is 1.50. The summed E-state index contributed by atoms with van der Waals surface area (Å²) in [4.78, 5) is 62.1. The first-order valence-electron chi connectivity index (χ1n) is 11.7. The van der Waals surface area contributed by atoms with Gasteiger partial charge in [0.05, 0.1) is 12.7 Å². The highest BCUT2D eigenvalue weighted by atomic mass is 31.2. The Hall–Kier alpha value is -2.77. The fraction of sp³-hybridized carbons (Fsp3) is 0.600. The molecule has 4 heterocycles. The van der Waals surface area contributed by atoms with Gasteiger partial charge in [0.25, 0.3) is 11.1 Å². The lowest BCUT2D eigenvalue weighted by Crippen LogP contribution is -2.54. The van der Waals surface area contributed by atoms with E-state index in [2.05, 4.69) is 4.98 Å². The molecule has 0 aliphatic carbocycles. The predicted molar refractivity (Wildman–Crippen MR) is 130 cm³/mol. The third-order valence-corrected chi connectivity index (χ3v) is 7.61. The first-order valence-corrected chi connectivity index (χ1v) is 13.2. The highest BCUT2D eigenvalue weighted by molar-refractivity contribution is 7.47. The summed E-state index contributed by atoms with van der Waals surface area (Å²) in [5.74, 6) is 0. The molecule has 2 aliphatic rings. The molecule has 18 nitrogen and oxygen atoms in total. The third-order valence-electron chi connectivity index (χ3n) is 6.62. The molecule has 2 aromatic rings. The molecule has 216 valence electrons. The fourth-order valence-corrected chi connectivity index (χ4v) is 5.32. The summed E-state index contributed by atoms with van der Waals surface area (Å²) in [5, 5.41) is 21.3. The number of nitrogens with one attached hydrogen (secondary N) is 2. The van der Waals surface area contributed by atoms with Gasteiger partial charge in [-0.2, -0.15) is 0 Å². The van der Waals surface area contributed by atoms with Crippen LogP contribution in [0.25, 0.3) is 0 Å². The lowest BCUT2D eigenvalue weighted by Gasteiger charge is -2.29. The molecule has 1 unspecified atom stereocenters. The van der Waals surface area contributed by atoms with E-state index >= 15 is 0 Å². The van der Waals surface area contributed by atoms with Crippen LogP contribution >= 0.6 is 7.82 Å². The van der Waals surface area contributed by atoms with Gasteiger partial charge in [-0.25, -0.2) is 14.2 Å². The van der Waals surface area contributed by atoms with Crippen molar-refractivity contribution < 1.29 is 38.2 Å². The Labute approximate surface area is 218 Å². The smallest absolute Gasteiger partial charge is 0.390 e. The number of aromatic amines is 2. The van der Waals surface area contributed by atoms with E-state index in [-0.39, 0.29) is 25.1 Å². The van der Waals surface area contributed by atoms with Gasteiger partial charge in [-0.05, 0) is 6.92 Å². The second kappa shape index (κ2) is 11.0. The molecule has 9 N–H and O–H groups in total. The zero-order chi connectivity index (χ0) is 28.7. The lowest BCUT2D eigenvalue weighted by molar-refractivity contribution is -0.0938. The van der Waals surface area contributed by atoms with Gasteiger partial charge in [0.2, 0.25) is 0 Å². The van der Waals surface area contributed by atoms with E-state index in [1.54, 1.807) is 0 Å². The SMILES string of the molecule is Cc1cn([C@H]2C[C@H](O)[C@@H](COP(=O)(O)O[C@H]3[C@H](n4ccc(=O)[nH]c4=O)OC(CN)(CN)[C@H]3O)O2)c(=O)[nH]c1=O. The number of rotatable bonds is 9. The summed E-state index contributed by atoms with van der Waals surface area (Å²) in [5.41, 5.74) is 6.96. The number of hydrogen-bond donors (Lipinski definition) is 7. The maximum atomic E-state index is 12.9. The summed E-state index contributed by atoms with van der Waals surface area (Å²) in [7, 11) is -5.05. The molecular formula is C20H29N6O12P. The van der Waals surface area contributed by atoms with Gasteiger partial charge in [-0.3, -0.25) is 37.7 Å². The Morgan fingerprint density at radius 3 is 2.46 bits per heavy atom. The second-order valence-electron chi connectivity index (χ2n) is 9.19. The van der Waals surface area contributed by atoms with Crippen LogP contribution in [0.2, 0.25) is 0 Å². The molecule has 0 radical (unpaired) electrons. The Morgan fingerprint density at radius 1 is 1.15 bits per heavy atom. The molecule has 0 spiro atoms. The van der Waals surface area contributed by atoms with Gasteiger partial charge in [0.15, 0.2) is 6.23 Å². The van der Waals surface area contributed by atoms with Crippen LogP contribution in [0, 0.1) is 6.92 Å². The summed E-state index contributed by atoms with van der Waals surface area (Å²) >= 11 is 0. The van der Waals surface area contributed by atoms with Crippen LogP contribution in [-0.4, -0.2) is 83.9 Å². The zero-order valence-corrected chi connectivity index (χ0v) is 21.4. The van der Waals surface area contributed by atoms with Crippen molar-refractivity contribution >= 4 is 7.82 Å². The summed E-state index contributed by atoms with van der Waals surface area (Å²) in [6.45, 7) is 0.0692. The van der Waals surface area contributed by atoms with Crippen molar-refractivity contribution in [1.82, 2.24) is 19.1 Å². The molecular weight excluding hydrogens is 547 g/mol. The second-order valence-corrected chi connectivity index (χ2v) is 10.6. The highest BCUT2D eigenvalue weighted by Crippen LogP contribution is 2.51. The molecule has 7 atom stereocenters. The molecule has 19 heteroatoms. The van der Waals surface area contributed by atoms with E-state index in [1.807, 2.05) is 4.98 Å². The largest absolute Gasteiger partial charge is 0.472 e. The molecule has 2 fully saturated rings. The van der Waals surface area contributed by atoms with Crippen molar-refractivity contribution in [2.75, 3.05) is 19.7 Å². The third kappa shape index (κ3) is 5.75. The van der Waals surface area contributed by atoms with Crippen LogP contribution in [0.3, 0.4) is 0 Å². The van der Waals surface area contributed by atoms with Crippen LogP contribution in [0.1, 0.15) is 24.4 Å². The number of nitrogens with two attached hydrogens (primary N) is 2. The number of aliphatic hydroxyl groups excluding tert-OH is 2.